The normalized spacial score (nSPS) is 19.9. The number of aromatic nitrogens is 2. The second-order valence-corrected chi connectivity index (χ2v) is 3.93. The predicted octanol–water partition coefficient (Wildman–Crippen LogP) is 2.23. The van der Waals surface area contributed by atoms with Crippen molar-refractivity contribution in [1.29, 1.82) is 0 Å². The summed E-state index contributed by atoms with van der Waals surface area (Å²) in [4.78, 5) is 11.2. The Morgan fingerprint density at radius 1 is 1.50 bits per heavy atom. The van der Waals surface area contributed by atoms with E-state index in [4.69, 9.17) is 0 Å². The lowest BCUT2D eigenvalue weighted by Gasteiger charge is -2.11. The first kappa shape index (κ1) is 11.2. The second-order valence-electron chi connectivity index (χ2n) is 3.93. The van der Waals surface area contributed by atoms with E-state index in [1.165, 1.54) is 0 Å². The molecule has 1 unspecified atom stereocenters. The van der Waals surface area contributed by atoms with Gasteiger partial charge in [0.15, 0.2) is 0 Å². The number of hydrogen-bond donors (Lipinski definition) is 1. The molecular weight excluding hydrogens is 221 g/mol. The van der Waals surface area contributed by atoms with Gasteiger partial charge in [-0.05, 0) is 24.8 Å². The minimum Gasteiger partial charge on any atom is -0.267 e. The van der Waals surface area contributed by atoms with Gasteiger partial charge in [-0.3, -0.25) is 4.79 Å². The van der Waals surface area contributed by atoms with Crippen molar-refractivity contribution >= 4 is 0 Å². The van der Waals surface area contributed by atoms with Gasteiger partial charge in [0.25, 0.3) is 5.56 Å². The van der Waals surface area contributed by atoms with Crippen LogP contribution >= 0.6 is 0 Å². The topological polar surface area (TPSA) is 45.8 Å². The average molecular weight is 232 g/mol. The third kappa shape index (κ3) is 1.62. The molecule has 16 heavy (non-hydrogen) atoms. The molecule has 1 aromatic heterocycles. The summed E-state index contributed by atoms with van der Waals surface area (Å²) in [5.41, 5.74) is -1.70. The third-order valence-electron chi connectivity index (χ3n) is 3.02. The van der Waals surface area contributed by atoms with Crippen molar-refractivity contribution in [2.75, 3.05) is 0 Å². The molecule has 0 radical (unpaired) electrons. The summed E-state index contributed by atoms with van der Waals surface area (Å²) >= 11 is 0. The highest BCUT2D eigenvalue weighted by atomic mass is 19.4. The van der Waals surface area contributed by atoms with Gasteiger partial charge in [0.05, 0.1) is 5.69 Å². The Bertz CT molecular complexity index is 464. The second kappa shape index (κ2) is 3.61. The van der Waals surface area contributed by atoms with Crippen LogP contribution in [0.15, 0.2) is 4.79 Å². The highest BCUT2D eigenvalue weighted by molar-refractivity contribution is 5.36. The Morgan fingerprint density at radius 3 is 2.75 bits per heavy atom. The number of nitrogens with one attached hydrogen (secondary N) is 1. The van der Waals surface area contributed by atoms with E-state index in [2.05, 4.69) is 5.10 Å². The van der Waals surface area contributed by atoms with Crippen LogP contribution in [-0.2, 0) is 12.6 Å². The van der Waals surface area contributed by atoms with Gasteiger partial charge in [0.1, 0.15) is 5.56 Å². The first-order valence-electron chi connectivity index (χ1n) is 5.13. The van der Waals surface area contributed by atoms with Crippen molar-refractivity contribution in [2.24, 2.45) is 0 Å². The first-order chi connectivity index (χ1) is 7.45. The maximum Gasteiger partial charge on any atom is 0.422 e. The Labute approximate surface area is 89.7 Å². The summed E-state index contributed by atoms with van der Waals surface area (Å²) in [6, 6.07) is 0. The molecule has 0 aromatic carbocycles. The standard InChI is InChI=1S/C10H11F3N2O/c1-2-5-3-4-6-7(10(11,12)13)9(16)15-14-8(5)6/h5H,2-4H2,1H3,(H,15,16). The molecule has 0 aliphatic heterocycles. The van der Waals surface area contributed by atoms with Crippen LogP contribution in [0.4, 0.5) is 13.2 Å². The van der Waals surface area contributed by atoms with Crippen LogP contribution in [0.1, 0.15) is 42.5 Å². The molecule has 6 heteroatoms. The zero-order valence-electron chi connectivity index (χ0n) is 8.69. The van der Waals surface area contributed by atoms with E-state index < -0.39 is 17.3 Å². The molecular formula is C10H11F3N2O. The van der Waals surface area contributed by atoms with Crippen LogP contribution < -0.4 is 5.56 Å². The van der Waals surface area contributed by atoms with E-state index in [-0.39, 0.29) is 11.5 Å². The lowest BCUT2D eigenvalue weighted by molar-refractivity contribution is -0.139. The molecule has 0 bridgehead atoms. The summed E-state index contributed by atoms with van der Waals surface area (Å²) in [5, 5.41) is 5.69. The van der Waals surface area contributed by atoms with Crippen LogP contribution in [0, 0.1) is 0 Å². The van der Waals surface area contributed by atoms with Gasteiger partial charge >= 0.3 is 6.18 Å². The van der Waals surface area contributed by atoms with Gasteiger partial charge in [-0.2, -0.15) is 18.3 Å². The number of nitrogens with zero attached hydrogens (tertiary/aromatic N) is 1. The molecule has 1 N–H and O–H groups in total. The summed E-state index contributed by atoms with van der Waals surface area (Å²) in [7, 11) is 0. The van der Waals surface area contributed by atoms with Gasteiger partial charge in [0, 0.05) is 5.92 Å². The molecule has 1 aliphatic carbocycles. The van der Waals surface area contributed by atoms with Gasteiger partial charge in [-0.1, -0.05) is 6.92 Å². The average Bonchev–Trinajstić information content (AvgIpc) is 2.57. The van der Waals surface area contributed by atoms with E-state index in [1.807, 2.05) is 12.0 Å². The summed E-state index contributed by atoms with van der Waals surface area (Å²) < 4.78 is 38.1. The molecule has 0 amide bonds. The van der Waals surface area contributed by atoms with E-state index in [0.29, 0.717) is 18.5 Å². The van der Waals surface area contributed by atoms with Gasteiger partial charge < -0.3 is 0 Å². The summed E-state index contributed by atoms with van der Waals surface area (Å²) in [5.74, 6) is 0.0351. The number of H-pyrrole nitrogens is 1. The molecule has 88 valence electrons. The SMILES string of the molecule is CCC1CCc2c1n[nH]c(=O)c2C(F)(F)F. The first-order valence-corrected chi connectivity index (χ1v) is 5.13. The summed E-state index contributed by atoms with van der Waals surface area (Å²) in [6.45, 7) is 1.90. The smallest absolute Gasteiger partial charge is 0.267 e. The van der Waals surface area contributed by atoms with Crippen LogP contribution in [0.5, 0.6) is 0 Å². The zero-order valence-corrected chi connectivity index (χ0v) is 8.69. The highest BCUT2D eigenvalue weighted by Crippen LogP contribution is 2.39. The lowest BCUT2D eigenvalue weighted by atomic mass is 10.0. The number of rotatable bonds is 1. The molecule has 1 atom stereocenters. The molecule has 0 spiro atoms. The van der Waals surface area contributed by atoms with Crippen molar-refractivity contribution in [1.82, 2.24) is 10.2 Å². The Morgan fingerprint density at radius 2 is 2.19 bits per heavy atom. The minimum atomic E-state index is -4.59. The maximum atomic E-state index is 12.7. The molecule has 0 saturated carbocycles. The molecule has 1 aliphatic rings. The van der Waals surface area contributed by atoms with Crippen LogP contribution in [-0.4, -0.2) is 10.2 Å². The van der Waals surface area contributed by atoms with Crippen LogP contribution in [0.3, 0.4) is 0 Å². The number of halogens is 3. The van der Waals surface area contributed by atoms with Crippen molar-refractivity contribution in [3.8, 4) is 0 Å². The Balaban J connectivity index is 2.63. The molecule has 0 fully saturated rings. The quantitative estimate of drug-likeness (QED) is 0.807. The molecule has 3 nitrogen and oxygen atoms in total. The highest BCUT2D eigenvalue weighted by Gasteiger charge is 2.40. The number of hydrogen-bond acceptors (Lipinski definition) is 2. The van der Waals surface area contributed by atoms with E-state index in [1.54, 1.807) is 0 Å². The molecule has 1 aromatic rings. The fourth-order valence-electron chi connectivity index (χ4n) is 2.24. The van der Waals surface area contributed by atoms with Crippen molar-refractivity contribution < 1.29 is 13.2 Å². The fourth-order valence-corrected chi connectivity index (χ4v) is 2.24. The molecule has 0 saturated heterocycles. The largest absolute Gasteiger partial charge is 0.422 e. The monoisotopic (exact) mass is 232 g/mol. The van der Waals surface area contributed by atoms with Crippen LogP contribution in [0.25, 0.3) is 0 Å². The number of alkyl halides is 3. The van der Waals surface area contributed by atoms with Crippen molar-refractivity contribution in [3.05, 3.63) is 27.2 Å². The number of aromatic amines is 1. The van der Waals surface area contributed by atoms with Crippen molar-refractivity contribution in [3.63, 3.8) is 0 Å². The predicted molar refractivity (Wildman–Crippen MR) is 51.2 cm³/mol. The van der Waals surface area contributed by atoms with Gasteiger partial charge in [0.2, 0.25) is 0 Å². The van der Waals surface area contributed by atoms with E-state index >= 15 is 0 Å². The molecule has 2 rings (SSSR count). The van der Waals surface area contributed by atoms with Crippen molar-refractivity contribution in [2.45, 2.75) is 38.3 Å². The van der Waals surface area contributed by atoms with E-state index in [0.717, 1.165) is 6.42 Å². The third-order valence-corrected chi connectivity index (χ3v) is 3.02. The van der Waals surface area contributed by atoms with Gasteiger partial charge in [-0.15, -0.1) is 0 Å². The Kier molecular flexibility index (Phi) is 2.52. The Hall–Kier alpha value is -1.33. The maximum absolute atomic E-state index is 12.7. The minimum absolute atomic E-state index is 0.0351. The lowest BCUT2D eigenvalue weighted by Crippen LogP contribution is -2.25. The molecule has 1 heterocycles. The zero-order chi connectivity index (χ0) is 11.9. The number of fused-ring (bicyclic) bond motifs is 1. The van der Waals surface area contributed by atoms with E-state index in [9.17, 15) is 18.0 Å². The van der Waals surface area contributed by atoms with Gasteiger partial charge in [-0.25, -0.2) is 5.10 Å². The summed E-state index contributed by atoms with van der Waals surface area (Å²) in [6.07, 6.45) is -2.93. The fraction of sp³-hybridized carbons (Fsp3) is 0.600. The van der Waals surface area contributed by atoms with Crippen LogP contribution in [0.2, 0.25) is 0 Å².